The fourth-order valence-electron chi connectivity index (χ4n) is 3.57. The molecule has 1 aliphatic rings. The van der Waals surface area contributed by atoms with Gasteiger partial charge in [-0.25, -0.2) is 4.39 Å². The molecule has 0 radical (unpaired) electrons. The quantitative estimate of drug-likeness (QED) is 0.547. The predicted molar refractivity (Wildman–Crippen MR) is 106 cm³/mol. The molecule has 1 fully saturated rings. The number of aromatic nitrogens is 4. The summed E-state index contributed by atoms with van der Waals surface area (Å²) < 4.78 is 20.7. The van der Waals surface area contributed by atoms with Crippen LogP contribution in [0.2, 0.25) is 0 Å². The zero-order valence-electron chi connectivity index (χ0n) is 15.6. The molecule has 1 saturated carbocycles. The molecule has 146 valence electrons. The number of ether oxygens (including phenoxy) is 1. The zero-order chi connectivity index (χ0) is 19.8. The van der Waals surface area contributed by atoms with Crippen LogP contribution < -0.4 is 5.56 Å². The first kappa shape index (κ1) is 17.8. The summed E-state index contributed by atoms with van der Waals surface area (Å²) in [7, 11) is 0. The number of hydrogen-bond acceptors (Lipinski definition) is 4. The number of halogens is 1. The van der Waals surface area contributed by atoms with Crippen molar-refractivity contribution in [2.75, 3.05) is 6.61 Å². The maximum atomic E-state index is 13.5. The fraction of sp³-hybridized carbons (Fsp3) is 0.227. The van der Waals surface area contributed by atoms with Gasteiger partial charge in [0.25, 0.3) is 5.56 Å². The standard InChI is InChI=1S/C22H19FN4O2/c23-17-8-4-7-16(11-17)22(9-10-22)14-29-13-18-12-19(28)27-21(24-18)25-20(26-27)15-5-2-1-3-6-15/h1-8,11-12H,9-10,13-14H2,(H,24,25,26). The Kier molecular flexibility index (Phi) is 4.24. The minimum Gasteiger partial charge on any atom is -0.374 e. The Morgan fingerprint density at radius 3 is 2.69 bits per heavy atom. The van der Waals surface area contributed by atoms with Crippen LogP contribution in [0.3, 0.4) is 0 Å². The second-order valence-corrected chi connectivity index (χ2v) is 7.45. The van der Waals surface area contributed by atoms with Gasteiger partial charge in [-0.3, -0.25) is 4.79 Å². The number of rotatable bonds is 6. The second-order valence-electron chi connectivity index (χ2n) is 7.45. The lowest BCUT2D eigenvalue weighted by Crippen LogP contribution is -2.18. The minimum atomic E-state index is -0.265. The summed E-state index contributed by atoms with van der Waals surface area (Å²) in [5.41, 5.74) is 2.05. The molecule has 1 N–H and O–H groups in total. The number of nitrogens with zero attached hydrogens (tertiary/aromatic N) is 3. The molecule has 0 bridgehead atoms. The van der Waals surface area contributed by atoms with E-state index in [1.807, 2.05) is 36.4 Å². The van der Waals surface area contributed by atoms with E-state index in [9.17, 15) is 9.18 Å². The molecule has 2 heterocycles. The summed E-state index contributed by atoms with van der Waals surface area (Å²) in [6, 6.07) is 17.7. The molecule has 0 amide bonds. The van der Waals surface area contributed by atoms with Crippen LogP contribution in [-0.2, 0) is 16.8 Å². The van der Waals surface area contributed by atoms with Crippen LogP contribution >= 0.6 is 0 Å². The van der Waals surface area contributed by atoms with E-state index < -0.39 is 0 Å². The normalized spacial score (nSPS) is 14.9. The maximum absolute atomic E-state index is 13.5. The van der Waals surface area contributed by atoms with Gasteiger partial charge in [0.1, 0.15) is 5.82 Å². The Morgan fingerprint density at radius 1 is 1.10 bits per heavy atom. The van der Waals surface area contributed by atoms with E-state index in [2.05, 4.69) is 15.1 Å². The molecule has 29 heavy (non-hydrogen) atoms. The Bertz CT molecular complexity index is 1230. The van der Waals surface area contributed by atoms with Crippen molar-refractivity contribution in [3.63, 3.8) is 0 Å². The smallest absolute Gasteiger partial charge is 0.275 e. The van der Waals surface area contributed by atoms with Crippen LogP contribution in [0.4, 0.5) is 4.39 Å². The second kappa shape index (κ2) is 6.93. The number of fused-ring (bicyclic) bond motifs is 1. The van der Waals surface area contributed by atoms with E-state index in [4.69, 9.17) is 4.74 Å². The number of H-pyrrole nitrogens is 1. The van der Waals surface area contributed by atoms with E-state index in [0.29, 0.717) is 23.9 Å². The van der Waals surface area contributed by atoms with Gasteiger partial charge >= 0.3 is 0 Å². The topological polar surface area (TPSA) is 72.3 Å². The summed E-state index contributed by atoms with van der Waals surface area (Å²) in [4.78, 5) is 20.0. The van der Waals surface area contributed by atoms with Crippen LogP contribution in [0.15, 0.2) is 65.5 Å². The molecular formula is C22H19FN4O2. The van der Waals surface area contributed by atoms with Gasteiger partial charge in [-0.05, 0) is 30.5 Å². The van der Waals surface area contributed by atoms with Crippen LogP contribution in [0, 0.1) is 5.82 Å². The van der Waals surface area contributed by atoms with Crippen molar-refractivity contribution in [3.05, 3.63) is 88.1 Å². The van der Waals surface area contributed by atoms with Crippen LogP contribution in [-0.4, -0.2) is 26.2 Å². The van der Waals surface area contributed by atoms with Crippen molar-refractivity contribution in [2.24, 2.45) is 0 Å². The largest absolute Gasteiger partial charge is 0.374 e. The monoisotopic (exact) mass is 390 g/mol. The molecule has 0 saturated heterocycles. The van der Waals surface area contributed by atoms with E-state index in [1.165, 1.54) is 16.6 Å². The molecule has 4 aromatic rings. The number of hydrogen-bond donors (Lipinski definition) is 1. The van der Waals surface area contributed by atoms with Crippen molar-refractivity contribution in [2.45, 2.75) is 24.9 Å². The molecule has 0 unspecified atom stereocenters. The van der Waals surface area contributed by atoms with Crippen molar-refractivity contribution < 1.29 is 9.13 Å². The van der Waals surface area contributed by atoms with Crippen molar-refractivity contribution in [3.8, 4) is 11.4 Å². The minimum absolute atomic E-state index is 0.123. The third-order valence-electron chi connectivity index (χ3n) is 5.34. The third-order valence-corrected chi connectivity index (χ3v) is 5.34. The molecular weight excluding hydrogens is 371 g/mol. The average Bonchev–Trinajstić information content (AvgIpc) is 3.39. The van der Waals surface area contributed by atoms with Gasteiger partial charge in [-0.15, -0.1) is 5.10 Å². The van der Waals surface area contributed by atoms with Gasteiger partial charge in [-0.1, -0.05) is 42.5 Å². The van der Waals surface area contributed by atoms with E-state index in [1.54, 1.807) is 12.1 Å². The van der Waals surface area contributed by atoms with E-state index in [-0.39, 0.29) is 23.4 Å². The van der Waals surface area contributed by atoms with Gasteiger partial charge in [-0.2, -0.15) is 9.50 Å². The Labute approximate surface area is 166 Å². The lowest BCUT2D eigenvalue weighted by Gasteiger charge is -2.16. The maximum Gasteiger partial charge on any atom is 0.275 e. The average molecular weight is 390 g/mol. The number of aromatic amines is 1. The first-order valence-corrected chi connectivity index (χ1v) is 9.51. The first-order chi connectivity index (χ1) is 14.1. The highest BCUT2D eigenvalue weighted by Crippen LogP contribution is 2.48. The summed E-state index contributed by atoms with van der Waals surface area (Å²) in [5, 5.41) is 4.29. The van der Waals surface area contributed by atoms with Crippen LogP contribution in [0.25, 0.3) is 17.2 Å². The molecule has 0 aliphatic heterocycles. The number of nitrogens with one attached hydrogen (secondary N) is 1. The summed E-state index contributed by atoms with van der Waals surface area (Å²) in [6.45, 7) is 0.724. The molecule has 6 nitrogen and oxygen atoms in total. The lowest BCUT2D eigenvalue weighted by molar-refractivity contribution is 0.0979. The van der Waals surface area contributed by atoms with Crippen molar-refractivity contribution >= 4 is 5.78 Å². The van der Waals surface area contributed by atoms with Crippen LogP contribution in [0.5, 0.6) is 0 Å². The predicted octanol–water partition coefficient (Wildman–Crippen LogP) is 3.47. The molecule has 1 aliphatic carbocycles. The first-order valence-electron chi connectivity index (χ1n) is 9.51. The van der Waals surface area contributed by atoms with Crippen molar-refractivity contribution in [1.82, 2.24) is 19.6 Å². The van der Waals surface area contributed by atoms with Gasteiger partial charge in [0.05, 0.1) is 13.2 Å². The van der Waals surface area contributed by atoms with Gasteiger partial charge in [0.2, 0.25) is 5.78 Å². The third kappa shape index (κ3) is 3.45. The van der Waals surface area contributed by atoms with Gasteiger partial charge in [0, 0.05) is 22.7 Å². The van der Waals surface area contributed by atoms with E-state index in [0.717, 1.165) is 24.0 Å². The summed E-state index contributed by atoms with van der Waals surface area (Å²) in [5.74, 6) is 0.630. The van der Waals surface area contributed by atoms with Gasteiger partial charge < -0.3 is 9.72 Å². The molecule has 2 aromatic heterocycles. The molecule has 5 rings (SSSR count). The van der Waals surface area contributed by atoms with Crippen LogP contribution in [0.1, 0.15) is 24.1 Å². The molecule has 0 spiro atoms. The Morgan fingerprint density at radius 2 is 1.93 bits per heavy atom. The number of benzene rings is 2. The molecule has 2 aromatic carbocycles. The van der Waals surface area contributed by atoms with Gasteiger partial charge in [0.15, 0.2) is 5.82 Å². The lowest BCUT2D eigenvalue weighted by atomic mass is 9.97. The molecule has 0 atom stereocenters. The summed E-state index contributed by atoms with van der Waals surface area (Å²) >= 11 is 0. The van der Waals surface area contributed by atoms with E-state index >= 15 is 0 Å². The van der Waals surface area contributed by atoms with Crippen molar-refractivity contribution in [1.29, 1.82) is 0 Å². The summed E-state index contributed by atoms with van der Waals surface area (Å²) in [6.07, 6.45) is 1.94. The zero-order valence-corrected chi connectivity index (χ0v) is 15.6. The highest BCUT2D eigenvalue weighted by molar-refractivity contribution is 5.56. The highest BCUT2D eigenvalue weighted by Gasteiger charge is 2.44. The Hall–Kier alpha value is -3.32. The Balaban J connectivity index is 1.33. The fourth-order valence-corrected chi connectivity index (χ4v) is 3.57. The molecule has 7 heteroatoms. The SMILES string of the molecule is O=c1cc(COCC2(c3cccc(F)c3)CC2)[nH]c2nc(-c3ccccc3)nn12. The highest BCUT2D eigenvalue weighted by atomic mass is 19.1.